The number of halogens is 1. The van der Waals surface area contributed by atoms with E-state index in [9.17, 15) is 4.79 Å². The summed E-state index contributed by atoms with van der Waals surface area (Å²) in [5.74, 6) is 1.10. The Morgan fingerprint density at radius 1 is 1.21 bits per heavy atom. The van der Waals surface area contributed by atoms with E-state index < -0.39 is 0 Å². The molecule has 0 aliphatic carbocycles. The molecule has 0 spiro atoms. The number of amides is 1. The Balaban J connectivity index is 1.74. The summed E-state index contributed by atoms with van der Waals surface area (Å²) in [4.78, 5) is 15.6. The van der Waals surface area contributed by atoms with Gasteiger partial charge in [-0.1, -0.05) is 17.7 Å². The van der Waals surface area contributed by atoms with Crippen LogP contribution in [0.4, 0.5) is 5.82 Å². The number of hydrogen-bond acceptors (Lipinski definition) is 3. The third-order valence-electron chi connectivity index (χ3n) is 2.34. The second-order valence-electron chi connectivity index (χ2n) is 3.82. The molecule has 0 saturated heterocycles. The number of ether oxygens (including phenoxy) is 1. The Morgan fingerprint density at radius 3 is 2.68 bits per heavy atom. The smallest absolute Gasteiger partial charge is 0.228 e. The minimum atomic E-state index is -0.132. The number of benzene rings is 1. The standard InChI is InChI=1S/C14H13ClN2O2/c15-11-4-6-12(7-5-11)19-10-8-14(18)17-13-3-1-2-9-16-13/h1-7,9H,8,10H2,(H,16,17,18). The second-order valence-corrected chi connectivity index (χ2v) is 4.25. The summed E-state index contributed by atoms with van der Waals surface area (Å²) in [6.07, 6.45) is 1.89. The van der Waals surface area contributed by atoms with E-state index in [4.69, 9.17) is 16.3 Å². The molecule has 0 bridgehead atoms. The fourth-order valence-corrected chi connectivity index (χ4v) is 1.56. The minimum absolute atomic E-state index is 0.132. The number of nitrogens with one attached hydrogen (secondary N) is 1. The number of carbonyl (C=O) groups excluding carboxylic acids is 1. The summed E-state index contributed by atoms with van der Waals surface area (Å²) in [5.41, 5.74) is 0. The summed E-state index contributed by atoms with van der Waals surface area (Å²) >= 11 is 5.76. The highest BCUT2D eigenvalue weighted by Crippen LogP contribution is 2.15. The number of pyridine rings is 1. The molecule has 0 unspecified atom stereocenters. The zero-order valence-electron chi connectivity index (χ0n) is 10.2. The predicted octanol–water partition coefficient (Wildman–Crippen LogP) is 3.14. The molecule has 1 N–H and O–H groups in total. The van der Waals surface area contributed by atoms with Gasteiger partial charge in [0.2, 0.25) is 5.91 Å². The Labute approximate surface area is 116 Å². The highest BCUT2D eigenvalue weighted by molar-refractivity contribution is 6.30. The minimum Gasteiger partial charge on any atom is -0.493 e. The lowest BCUT2D eigenvalue weighted by Gasteiger charge is -2.06. The SMILES string of the molecule is O=C(CCOc1ccc(Cl)cc1)Nc1ccccn1. The van der Waals surface area contributed by atoms with E-state index in [-0.39, 0.29) is 12.3 Å². The number of anilines is 1. The van der Waals surface area contributed by atoms with Crippen molar-refractivity contribution in [1.29, 1.82) is 0 Å². The maximum absolute atomic E-state index is 11.6. The largest absolute Gasteiger partial charge is 0.493 e. The Morgan fingerprint density at radius 2 is 2.00 bits per heavy atom. The van der Waals surface area contributed by atoms with Gasteiger partial charge in [-0.25, -0.2) is 4.98 Å². The summed E-state index contributed by atoms with van der Waals surface area (Å²) < 4.78 is 5.43. The van der Waals surface area contributed by atoms with Crippen LogP contribution in [0.3, 0.4) is 0 Å². The van der Waals surface area contributed by atoms with Crippen molar-refractivity contribution >= 4 is 23.3 Å². The molecule has 0 aliphatic heterocycles. The van der Waals surface area contributed by atoms with Gasteiger partial charge in [-0.15, -0.1) is 0 Å². The molecule has 0 saturated carbocycles. The van der Waals surface area contributed by atoms with Crippen LogP contribution in [0.5, 0.6) is 5.75 Å². The van der Waals surface area contributed by atoms with Gasteiger partial charge < -0.3 is 10.1 Å². The van der Waals surface area contributed by atoms with E-state index >= 15 is 0 Å². The van der Waals surface area contributed by atoms with Gasteiger partial charge in [0.05, 0.1) is 13.0 Å². The third kappa shape index (κ3) is 4.60. The van der Waals surface area contributed by atoms with Crippen LogP contribution in [0.15, 0.2) is 48.7 Å². The van der Waals surface area contributed by atoms with Crippen LogP contribution in [0.1, 0.15) is 6.42 Å². The first-order valence-corrected chi connectivity index (χ1v) is 6.21. The normalized spacial score (nSPS) is 9.95. The molecule has 1 amide bonds. The van der Waals surface area contributed by atoms with E-state index in [2.05, 4.69) is 10.3 Å². The van der Waals surface area contributed by atoms with Crippen LogP contribution >= 0.6 is 11.6 Å². The molecule has 98 valence electrons. The summed E-state index contributed by atoms with van der Waals surface area (Å²) in [6.45, 7) is 0.306. The molecule has 19 heavy (non-hydrogen) atoms. The molecule has 0 fully saturated rings. The van der Waals surface area contributed by atoms with Gasteiger partial charge in [-0.3, -0.25) is 4.79 Å². The first-order valence-electron chi connectivity index (χ1n) is 5.83. The van der Waals surface area contributed by atoms with E-state index in [0.29, 0.717) is 23.2 Å². The van der Waals surface area contributed by atoms with Crippen LogP contribution in [-0.2, 0) is 4.79 Å². The Kier molecular flexibility index (Phi) is 4.75. The van der Waals surface area contributed by atoms with E-state index in [0.717, 1.165) is 0 Å². The second kappa shape index (κ2) is 6.75. The highest BCUT2D eigenvalue weighted by atomic mass is 35.5. The average molecular weight is 277 g/mol. The van der Waals surface area contributed by atoms with Gasteiger partial charge in [-0.05, 0) is 36.4 Å². The van der Waals surface area contributed by atoms with Crippen LogP contribution in [-0.4, -0.2) is 17.5 Å². The first-order chi connectivity index (χ1) is 9.24. The lowest BCUT2D eigenvalue weighted by Crippen LogP contribution is -2.15. The molecule has 2 aromatic rings. The van der Waals surface area contributed by atoms with Crippen LogP contribution in [0, 0.1) is 0 Å². The first kappa shape index (κ1) is 13.4. The lowest BCUT2D eigenvalue weighted by atomic mass is 10.3. The molecule has 1 aromatic carbocycles. The summed E-state index contributed by atoms with van der Waals surface area (Å²) in [6, 6.07) is 12.3. The van der Waals surface area contributed by atoms with E-state index in [1.54, 1.807) is 42.6 Å². The quantitative estimate of drug-likeness (QED) is 0.913. The monoisotopic (exact) mass is 276 g/mol. The molecular formula is C14H13ClN2O2. The van der Waals surface area contributed by atoms with Gasteiger partial charge in [0, 0.05) is 11.2 Å². The molecule has 1 heterocycles. The zero-order valence-corrected chi connectivity index (χ0v) is 10.9. The van der Waals surface area contributed by atoms with E-state index in [1.807, 2.05) is 6.07 Å². The number of nitrogens with zero attached hydrogens (tertiary/aromatic N) is 1. The fraction of sp³-hybridized carbons (Fsp3) is 0.143. The van der Waals surface area contributed by atoms with Crippen molar-refractivity contribution in [2.24, 2.45) is 0 Å². The van der Waals surface area contributed by atoms with Gasteiger partial charge in [-0.2, -0.15) is 0 Å². The predicted molar refractivity (Wildman–Crippen MR) is 74.4 cm³/mol. The van der Waals surface area contributed by atoms with Gasteiger partial charge in [0.1, 0.15) is 11.6 Å². The highest BCUT2D eigenvalue weighted by Gasteiger charge is 2.03. The molecule has 2 rings (SSSR count). The van der Waals surface area contributed by atoms with Crippen molar-refractivity contribution in [3.63, 3.8) is 0 Å². The van der Waals surface area contributed by atoms with Crippen molar-refractivity contribution < 1.29 is 9.53 Å². The van der Waals surface area contributed by atoms with Crippen molar-refractivity contribution in [3.05, 3.63) is 53.7 Å². The maximum atomic E-state index is 11.6. The fourth-order valence-electron chi connectivity index (χ4n) is 1.43. The Bertz CT molecular complexity index is 529. The topological polar surface area (TPSA) is 51.2 Å². The molecule has 1 aromatic heterocycles. The van der Waals surface area contributed by atoms with Crippen molar-refractivity contribution in [2.45, 2.75) is 6.42 Å². The van der Waals surface area contributed by atoms with E-state index in [1.165, 1.54) is 0 Å². The summed E-state index contributed by atoms with van der Waals surface area (Å²) in [5, 5.41) is 3.34. The van der Waals surface area contributed by atoms with Crippen LogP contribution in [0.25, 0.3) is 0 Å². The van der Waals surface area contributed by atoms with Crippen molar-refractivity contribution in [2.75, 3.05) is 11.9 Å². The molecular weight excluding hydrogens is 264 g/mol. The number of rotatable bonds is 5. The van der Waals surface area contributed by atoms with Crippen LogP contribution < -0.4 is 10.1 Å². The Hall–Kier alpha value is -2.07. The molecule has 5 heteroatoms. The number of aromatic nitrogens is 1. The average Bonchev–Trinajstić information content (AvgIpc) is 2.42. The third-order valence-corrected chi connectivity index (χ3v) is 2.60. The zero-order chi connectivity index (χ0) is 13.5. The molecule has 4 nitrogen and oxygen atoms in total. The maximum Gasteiger partial charge on any atom is 0.228 e. The number of hydrogen-bond donors (Lipinski definition) is 1. The van der Waals surface area contributed by atoms with Crippen LogP contribution in [0.2, 0.25) is 5.02 Å². The van der Waals surface area contributed by atoms with Crippen molar-refractivity contribution in [3.8, 4) is 5.75 Å². The van der Waals surface area contributed by atoms with Gasteiger partial charge in [0.25, 0.3) is 0 Å². The van der Waals surface area contributed by atoms with Gasteiger partial charge >= 0.3 is 0 Å². The molecule has 0 radical (unpaired) electrons. The van der Waals surface area contributed by atoms with Crippen molar-refractivity contribution in [1.82, 2.24) is 4.98 Å². The lowest BCUT2D eigenvalue weighted by molar-refractivity contribution is -0.116. The molecule has 0 aliphatic rings. The molecule has 0 atom stereocenters. The van der Waals surface area contributed by atoms with Gasteiger partial charge in [0.15, 0.2) is 0 Å². The number of carbonyl (C=O) groups is 1. The summed E-state index contributed by atoms with van der Waals surface area (Å²) in [7, 11) is 0.